The third kappa shape index (κ3) is 4.22. The van der Waals surface area contributed by atoms with E-state index >= 15 is 0 Å². The van der Waals surface area contributed by atoms with E-state index in [2.05, 4.69) is 10.4 Å². The molecule has 2 aliphatic carbocycles. The predicted molar refractivity (Wildman–Crippen MR) is 127 cm³/mol. The first-order chi connectivity index (χ1) is 17.0. The minimum Gasteiger partial charge on any atom is -0.334 e. The fourth-order valence-corrected chi connectivity index (χ4v) is 5.66. The van der Waals surface area contributed by atoms with Gasteiger partial charge in [-0.1, -0.05) is 18.2 Å². The first-order valence-corrected chi connectivity index (χ1v) is 12.1. The highest BCUT2D eigenvalue weighted by atomic mass is 19.4. The number of aromatic nitrogens is 2. The Morgan fingerprint density at radius 3 is 2.64 bits per heavy atom. The summed E-state index contributed by atoms with van der Waals surface area (Å²) in [6, 6.07) is 3.80. The average molecular weight is 500 g/mol. The number of aliphatic imine (C=N–C) groups is 1. The number of fused-ring (bicyclic) bond motifs is 1. The van der Waals surface area contributed by atoms with Crippen molar-refractivity contribution in [2.45, 2.75) is 51.4 Å². The molecule has 1 N–H and O–H groups in total. The first-order valence-electron chi connectivity index (χ1n) is 12.1. The van der Waals surface area contributed by atoms with Crippen molar-refractivity contribution in [2.24, 2.45) is 22.7 Å². The van der Waals surface area contributed by atoms with Gasteiger partial charge in [0.25, 0.3) is 0 Å². The van der Waals surface area contributed by atoms with Gasteiger partial charge in [0.15, 0.2) is 0 Å². The third-order valence-corrected chi connectivity index (χ3v) is 7.75. The molecule has 0 bridgehead atoms. The third-order valence-electron chi connectivity index (χ3n) is 7.75. The molecule has 2 fully saturated rings. The summed E-state index contributed by atoms with van der Waals surface area (Å²) in [5.41, 5.74) is 3.55. The molecule has 0 spiro atoms. The van der Waals surface area contributed by atoms with Crippen LogP contribution < -0.4 is 5.43 Å². The van der Waals surface area contributed by atoms with Gasteiger partial charge in [0, 0.05) is 43.4 Å². The fourth-order valence-electron chi connectivity index (χ4n) is 5.66. The molecule has 1 aliphatic heterocycles. The molecule has 2 heterocycles. The second kappa shape index (κ2) is 8.90. The Labute approximate surface area is 207 Å². The summed E-state index contributed by atoms with van der Waals surface area (Å²) in [5, 5.41) is 1.30. The molecular weight excluding hydrogens is 471 g/mol. The number of benzene rings is 1. The zero-order chi connectivity index (χ0) is 25.8. The minimum atomic E-state index is -4.45. The molecule has 3 atom stereocenters. The van der Waals surface area contributed by atoms with Gasteiger partial charge in [0.05, 0.1) is 23.9 Å². The molecule has 36 heavy (non-hydrogen) atoms. The Kier molecular flexibility index (Phi) is 6.00. The van der Waals surface area contributed by atoms with Crippen LogP contribution in [0.3, 0.4) is 0 Å². The molecule has 2 aromatic rings. The number of nitrogens with one attached hydrogen (secondary N) is 1. The van der Waals surface area contributed by atoms with Crippen LogP contribution in [-0.2, 0) is 15.8 Å². The Morgan fingerprint density at radius 1 is 1.22 bits per heavy atom. The van der Waals surface area contributed by atoms with E-state index in [4.69, 9.17) is 4.99 Å². The van der Waals surface area contributed by atoms with E-state index < -0.39 is 23.7 Å². The van der Waals surface area contributed by atoms with Crippen LogP contribution in [-0.4, -0.2) is 39.1 Å². The lowest BCUT2D eigenvalue weighted by molar-refractivity contribution is -0.139. The quantitative estimate of drug-likeness (QED) is 0.675. The van der Waals surface area contributed by atoms with Crippen LogP contribution >= 0.6 is 0 Å². The molecule has 1 aromatic carbocycles. The number of rotatable bonds is 4. The van der Waals surface area contributed by atoms with E-state index in [9.17, 15) is 22.8 Å². The van der Waals surface area contributed by atoms with E-state index in [0.717, 1.165) is 18.9 Å². The number of allylic oxidation sites excluding steroid dienone is 1. The lowest BCUT2D eigenvalue weighted by atomic mass is 9.66. The van der Waals surface area contributed by atoms with Gasteiger partial charge in [-0.2, -0.15) is 13.2 Å². The Bertz CT molecular complexity index is 1240. The molecule has 0 radical (unpaired) electrons. The largest absolute Gasteiger partial charge is 0.416 e. The zero-order valence-corrected chi connectivity index (χ0v) is 20.3. The highest BCUT2D eigenvalue weighted by Gasteiger charge is 2.46. The SMILES string of the molecule is Cc1c([C@@H](C)N=C2NN(C)C(=O)[C@@H]3CC(=O)[C@H](C4CC(n5ccnc5)C4)C=C23)cccc1C(F)(F)F. The number of hydrogen-bond acceptors (Lipinski definition) is 4. The summed E-state index contributed by atoms with van der Waals surface area (Å²) in [6.07, 6.45) is 4.63. The molecule has 10 heteroatoms. The number of carbonyl (C=O) groups is 2. The van der Waals surface area contributed by atoms with E-state index in [1.165, 1.54) is 18.0 Å². The van der Waals surface area contributed by atoms with Crippen molar-refractivity contribution in [2.75, 3.05) is 7.05 Å². The molecule has 1 saturated carbocycles. The predicted octanol–water partition coefficient (Wildman–Crippen LogP) is 4.43. The van der Waals surface area contributed by atoms with Crippen molar-refractivity contribution >= 4 is 17.5 Å². The van der Waals surface area contributed by atoms with Gasteiger partial charge in [0.1, 0.15) is 11.6 Å². The maximum atomic E-state index is 13.4. The van der Waals surface area contributed by atoms with Crippen LogP contribution in [0, 0.1) is 24.7 Å². The molecule has 3 aliphatic rings. The smallest absolute Gasteiger partial charge is 0.334 e. The fraction of sp³-hybridized carbons (Fsp3) is 0.462. The average Bonchev–Trinajstić information content (AvgIpc) is 3.30. The summed E-state index contributed by atoms with van der Waals surface area (Å²) in [6.45, 7) is 3.18. The summed E-state index contributed by atoms with van der Waals surface area (Å²) in [4.78, 5) is 34.7. The van der Waals surface area contributed by atoms with Crippen LogP contribution in [0.15, 0.2) is 53.6 Å². The second-order valence-electron chi connectivity index (χ2n) is 9.95. The van der Waals surface area contributed by atoms with Crippen molar-refractivity contribution in [1.29, 1.82) is 0 Å². The Hall–Kier alpha value is -3.43. The number of carbonyl (C=O) groups excluding carboxylic acids is 2. The highest BCUT2D eigenvalue weighted by Crippen LogP contribution is 2.46. The number of hydrogen-bond donors (Lipinski definition) is 1. The summed E-state index contributed by atoms with van der Waals surface area (Å²) < 4.78 is 42.4. The topological polar surface area (TPSA) is 79.6 Å². The normalized spacial score (nSPS) is 28.3. The highest BCUT2D eigenvalue weighted by molar-refractivity contribution is 6.10. The number of amidine groups is 1. The molecule has 1 aromatic heterocycles. The maximum Gasteiger partial charge on any atom is 0.416 e. The molecule has 1 amide bonds. The second-order valence-corrected chi connectivity index (χ2v) is 9.95. The summed E-state index contributed by atoms with van der Waals surface area (Å²) >= 11 is 0. The van der Waals surface area contributed by atoms with Crippen LogP contribution in [0.1, 0.15) is 55.0 Å². The number of alkyl halides is 3. The molecule has 5 rings (SSSR count). The van der Waals surface area contributed by atoms with E-state index in [-0.39, 0.29) is 35.5 Å². The Balaban J connectivity index is 1.45. The monoisotopic (exact) mass is 499 g/mol. The number of hydrazine groups is 1. The lowest BCUT2D eigenvalue weighted by Gasteiger charge is -2.43. The molecular formula is C26H28F3N5O2. The number of Topliss-reactive ketones (excluding diaryl/α,β-unsaturated/α-hetero) is 1. The maximum absolute atomic E-state index is 13.4. The summed E-state index contributed by atoms with van der Waals surface area (Å²) in [5.74, 6) is -0.544. The number of amides is 1. The molecule has 0 unspecified atom stereocenters. The van der Waals surface area contributed by atoms with Crippen LogP contribution in [0.5, 0.6) is 0 Å². The molecule has 190 valence electrons. The molecule has 7 nitrogen and oxygen atoms in total. The number of ketones is 1. The van der Waals surface area contributed by atoms with Crippen molar-refractivity contribution in [1.82, 2.24) is 20.0 Å². The van der Waals surface area contributed by atoms with E-state index in [1.54, 1.807) is 32.6 Å². The van der Waals surface area contributed by atoms with Gasteiger partial charge in [-0.05, 0) is 49.8 Å². The standard InChI is InChI=1S/C26H28F3N5O2/c1-14-18(5-4-6-22(14)26(27,28)29)15(2)31-24-20-11-19(16-9-17(10-16)34-8-7-30-13-34)23(35)12-21(20)25(36)33(3)32-24/h4-8,11,13,15-17,19,21H,9-10,12H2,1-3H3,(H,31,32)/t15-,16?,17?,19+,21-/m1/s1. The van der Waals surface area contributed by atoms with Crippen molar-refractivity contribution in [3.05, 3.63) is 65.3 Å². The Morgan fingerprint density at radius 2 is 1.97 bits per heavy atom. The number of halogens is 3. The van der Waals surface area contributed by atoms with Gasteiger partial charge in [-0.3, -0.25) is 25.0 Å². The molecule has 1 saturated heterocycles. The van der Waals surface area contributed by atoms with Gasteiger partial charge in [-0.25, -0.2) is 4.98 Å². The first kappa shape index (κ1) is 24.3. The zero-order valence-electron chi connectivity index (χ0n) is 20.3. The number of imidazole rings is 1. The van der Waals surface area contributed by atoms with Gasteiger partial charge < -0.3 is 4.57 Å². The minimum absolute atomic E-state index is 0.0441. The lowest BCUT2D eigenvalue weighted by Crippen LogP contribution is -2.55. The van der Waals surface area contributed by atoms with Gasteiger partial charge in [0.2, 0.25) is 5.91 Å². The van der Waals surface area contributed by atoms with Crippen molar-refractivity contribution in [3.63, 3.8) is 0 Å². The van der Waals surface area contributed by atoms with Crippen LogP contribution in [0.4, 0.5) is 13.2 Å². The van der Waals surface area contributed by atoms with Crippen LogP contribution in [0.2, 0.25) is 0 Å². The van der Waals surface area contributed by atoms with Gasteiger partial charge in [-0.15, -0.1) is 0 Å². The van der Waals surface area contributed by atoms with Crippen molar-refractivity contribution in [3.8, 4) is 0 Å². The number of nitrogens with zero attached hydrogens (tertiary/aromatic N) is 4. The van der Waals surface area contributed by atoms with E-state index in [1.807, 2.05) is 16.8 Å². The van der Waals surface area contributed by atoms with E-state index in [0.29, 0.717) is 23.0 Å². The van der Waals surface area contributed by atoms with Crippen LogP contribution in [0.25, 0.3) is 0 Å². The summed E-state index contributed by atoms with van der Waals surface area (Å²) in [7, 11) is 1.56. The van der Waals surface area contributed by atoms with Crippen molar-refractivity contribution < 1.29 is 22.8 Å². The van der Waals surface area contributed by atoms with Gasteiger partial charge >= 0.3 is 6.18 Å².